The highest BCUT2D eigenvalue weighted by Crippen LogP contribution is 2.28. The number of nitrogens with two attached hydrogens (primary N) is 1. The lowest BCUT2D eigenvalue weighted by atomic mass is 10.1. The molecule has 146 valence electrons. The molecule has 0 aliphatic rings. The number of rotatable bonds is 6. The number of hydrogen-bond donors (Lipinski definition) is 2. The predicted octanol–water partition coefficient (Wildman–Crippen LogP) is 4.37. The number of aromatic nitrogens is 3. The number of oxazole rings is 1. The molecule has 3 N–H and O–H groups in total. The Balaban J connectivity index is 1.61. The molecule has 0 aliphatic carbocycles. The summed E-state index contributed by atoms with van der Waals surface area (Å²) < 4.78 is 10.9. The molecule has 0 saturated carbocycles. The van der Waals surface area contributed by atoms with Crippen LogP contribution in [0.15, 0.2) is 65.2 Å². The Labute approximate surface area is 168 Å². The van der Waals surface area contributed by atoms with Gasteiger partial charge in [-0.05, 0) is 54.4 Å². The SMILES string of the molecule is COc1ccc(Cc2nc(N)oc2-c2cccc(Nc3cc(C)ccn3)n2)cc1. The predicted molar refractivity (Wildman–Crippen MR) is 112 cm³/mol. The molecule has 0 aliphatic heterocycles. The summed E-state index contributed by atoms with van der Waals surface area (Å²) in [6.45, 7) is 2.01. The van der Waals surface area contributed by atoms with E-state index in [1.807, 2.05) is 61.5 Å². The summed E-state index contributed by atoms with van der Waals surface area (Å²) in [7, 11) is 1.64. The zero-order chi connectivity index (χ0) is 20.2. The van der Waals surface area contributed by atoms with Crippen LogP contribution in [0.25, 0.3) is 11.5 Å². The van der Waals surface area contributed by atoms with Crippen LogP contribution in [-0.4, -0.2) is 22.1 Å². The van der Waals surface area contributed by atoms with E-state index in [4.69, 9.17) is 14.9 Å². The molecule has 0 fully saturated rings. The number of pyridine rings is 2. The molecule has 3 heterocycles. The fourth-order valence-corrected chi connectivity index (χ4v) is 2.99. The molecular weight excluding hydrogens is 366 g/mol. The van der Waals surface area contributed by atoms with Gasteiger partial charge in [-0.25, -0.2) is 9.97 Å². The molecule has 0 unspecified atom stereocenters. The molecular formula is C22H21N5O2. The first-order valence-electron chi connectivity index (χ1n) is 9.16. The van der Waals surface area contributed by atoms with Crippen LogP contribution in [0.2, 0.25) is 0 Å². The van der Waals surface area contributed by atoms with Crippen LogP contribution in [0.1, 0.15) is 16.8 Å². The fraction of sp³-hybridized carbons (Fsp3) is 0.136. The van der Waals surface area contributed by atoms with E-state index in [0.717, 1.165) is 28.4 Å². The number of methoxy groups -OCH3 is 1. The Bertz CT molecular complexity index is 1120. The Hall–Kier alpha value is -3.87. The maximum absolute atomic E-state index is 5.84. The fourth-order valence-electron chi connectivity index (χ4n) is 2.99. The Morgan fingerprint density at radius 3 is 2.62 bits per heavy atom. The number of nitrogens with one attached hydrogen (secondary N) is 1. The minimum Gasteiger partial charge on any atom is -0.497 e. The van der Waals surface area contributed by atoms with Crippen LogP contribution in [0.4, 0.5) is 17.7 Å². The van der Waals surface area contributed by atoms with Crippen LogP contribution in [0.5, 0.6) is 5.75 Å². The van der Waals surface area contributed by atoms with Gasteiger partial charge in [0.2, 0.25) is 0 Å². The average Bonchev–Trinajstić information content (AvgIpc) is 3.09. The van der Waals surface area contributed by atoms with Crippen molar-refractivity contribution in [2.45, 2.75) is 13.3 Å². The van der Waals surface area contributed by atoms with Gasteiger partial charge in [0.1, 0.15) is 23.1 Å². The smallest absolute Gasteiger partial charge is 0.292 e. The first-order valence-corrected chi connectivity index (χ1v) is 9.16. The van der Waals surface area contributed by atoms with Gasteiger partial charge in [-0.15, -0.1) is 0 Å². The Morgan fingerprint density at radius 1 is 1.03 bits per heavy atom. The van der Waals surface area contributed by atoms with E-state index < -0.39 is 0 Å². The van der Waals surface area contributed by atoms with Crippen LogP contribution >= 0.6 is 0 Å². The summed E-state index contributed by atoms with van der Waals surface area (Å²) in [5.74, 6) is 2.74. The molecule has 4 rings (SSSR count). The van der Waals surface area contributed by atoms with Crippen molar-refractivity contribution >= 4 is 17.7 Å². The summed E-state index contributed by atoms with van der Waals surface area (Å²) >= 11 is 0. The Morgan fingerprint density at radius 2 is 1.86 bits per heavy atom. The standard InChI is InChI=1S/C22H21N5O2/c1-14-10-11-24-20(12-14)27-19-5-3-4-17(25-19)21-18(26-22(23)29-21)13-15-6-8-16(28-2)9-7-15/h3-12H,13H2,1-2H3,(H2,23,26)(H,24,25,27). The third-order valence-electron chi connectivity index (χ3n) is 4.40. The molecule has 0 spiro atoms. The normalized spacial score (nSPS) is 10.7. The van der Waals surface area contributed by atoms with Gasteiger partial charge in [0, 0.05) is 12.6 Å². The largest absolute Gasteiger partial charge is 0.497 e. The summed E-state index contributed by atoms with van der Waals surface area (Å²) in [4.78, 5) is 13.3. The van der Waals surface area contributed by atoms with Gasteiger partial charge in [0.25, 0.3) is 6.01 Å². The van der Waals surface area contributed by atoms with E-state index in [-0.39, 0.29) is 6.01 Å². The van der Waals surface area contributed by atoms with E-state index in [1.54, 1.807) is 13.3 Å². The average molecular weight is 387 g/mol. The van der Waals surface area contributed by atoms with E-state index in [1.165, 1.54) is 0 Å². The first-order chi connectivity index (χ1) is 14.1. The zero-order valence-electron chi connectivity index (χ0n) is 16.2. The van der Waals surface area contributed by atoms with Crippen molar-refractivity contribution in [1.29, 1.82) is 0 Å². The number of nitrogen functional groups attached to an aromatic ring is 1. The molecule has 7 heteroatoms. The van der Waals surface area contributed by atoms with Gasteiger partial charge < -0.3 is 20.2 Å². The monoisotopic (exact) mass is 387 g/mol. The topological polar surface area (TPSA) is 99.1 Å². The van der Waals surface area contributed by atoms with Crippen molar-refractivity contribution in [3.8, 4) is 17.2 Å². The number of ether oxygens (including phenoxy) is 1. The molecule has 3 aromatic heterocycles. The molecule has 0 radical (unpaired) electrons. The van der Waals surface area contributed by atoms with Crippen LogP contribution < -0.4 is 15.8 Å². The van der Waals surface area contributed by atoms with E-state index in [2.05, 4.69) is 20.3 Å². The number of aryl methyl sites for hydroxylation is 1. The summed E-state index contributed by atoms with van der Waals surface area (Å²) in [6, 6.07) is 17.5. The minimum absolute atomic E-state index is 0.115. The highest BCUT2D eigenvalue weighted by atomic mass is 16.5. The zero-order valence-corrected chi connectivity index (χ0v) is 16.2. The molecule has 0 saturated heterocycles. The molecule has 0 amide bonds. The van der Waals surface area contributed by atoms with Crippen molar-refractivity contribution in [2.75, 3.05) is 18.2 Å². The van der Waals surface area contributed by atoms with E-state index >= 15 is 0 Å². The van der Waals surface area contributed by atoms with Crippen molar-refractivity contribution in [1.82, 2.24) is 15.0 Å². The van der Waals surface area contributed by atoms with Crippen LogP contribution in [0.3, 0.4) is 0 Å². The second-order valence-corrected chi connectivity index (χ2v) is 6.60. The van der Waals surface area contributed by atoms with Crippen molar-refractivity contribution in [2.24, 2.45) is 0 Å². The minimum atomic E-state index is 0.115. The lowest BCUT2D eigenvalue weighted by molar-refractivity contribution is 0.414. The molecule has 7 nitrogen and oxygen atoms in total. The van der Waals surface area contributed by atoms with Crippen molar-refractivity contribution in [3.63, 3.8) is 0 Å². The number of anilines is 3. The second-order valence-electron chi connectivity index (χ2n) is 6.60. The number of hydrogen-bond acceptors (Lipinski definition) is 7. The first kappa shape index (κ1) is 18.5. The quantitative estimate of drug-likeness (QED) is 0.507. The van der Waals surface area contributed by atoms with Gasteiger partial charge in [0.05, 0.1) is 12.8 Å². The third-order valence-corrected chi connectivity index (χ3v) is 4.40. The van der Waals surface area contributed by atoms with E-state index in [0.29, 0.717) is 23.7 Å². The van der Waals surface area contributed by atoms with Gasteiger partial charge in [-0.3, -0.25) is 0 Å². The molecule has 0 atom stereocenters. The molecule has 0 bridgehead atoms. The highest BCUT2D eigenvalue weighted by molar-refractivity contribution is 5.62. The third kappa shape index (κ3) is 4.35. The van der Waals surface area contributed by atoms with E-state index in [9.17, 15) is 0 Å². The highest BCUT2D eigenvalue weighted by Gasteiger charge is 2.16. The summed E-state index contributed by atoms with van der Waals surface area (Å²) in [6.07, 6.45) is 2.32. The van der Waals surface area contributed by atoms with Crippen LogP contribution in [0, 0.1) is 6.92 Å². The van der Waals surface area contributed by atoms with Gasteiger partial charge >= 0.3 is 0 Å². The van der Waals surface area contributed by atoms with Crippen molar-refractivity contribution < 1.29 is 9.15 Å². The van der Waals surface area contributed by atoms with Gasteiger partial charge in [-0.1, -0.05) is 18.2 Å². The van der Waals surface area contributed by atoms with Gasteiger partial charge in [-0.2, -0.15) is 4.98 Å². The number of benzene rings is 1. The molecule has 4 aromatic rings. The van der Waals surface area contributed by atoms with Gasteiger partial charge in [0.15, 0.2) is 5.76 Å². The summed E-state index contributed by atoms with van der Waals surface area (Å²) in [5, 5.41) is 3.21. The van der Waals surface area contributed by atoms with Crippen LogP contribution in [-0.2, 0) is 6.42 Å². The maximum Gasteiger partial charge on any atom is 0.292 e. The second kappa shape index (κ2) is 8.02. The Kier molecular flexibility index (Phi) is 5.11. The molecule has 29 heavy (non-hydrogen) atoms. The lowest BCUT2D eigenvalue weighted by Crippen LogP contribution is -1.98. The van der Waals surface area contributed by atoms with Crippen molar-refractivity contribution in [3.05, 3.63) is 77.6 Å². The summed E-state index contributed by atoms with van der Waals surface area (Å²) in [5.41, 5.74) is 9.40. The number of nitrogens with zero attached hydrogens (tertiary/aromatic N) is 3. The lowest BCUT2D eigenvalue weighted by Gasteiger charge is -2.07. The molecule has 1 aromatic carbocycles. The maximum atomic E-state index is 5.84.